The summed E-state index contributed by atoms with van der Waals surface area (Å²) in [6.07, 6.45) is -0.119. The average molecular weight is 513 g/mol. The van der Waals surface area contributed by atoms with Crippen LogP contribution in [0.25, 0.3) is 0 Å². The second-order valence-electron chi connectivity index (χ2n) is 8.48. The largest absolute Gasteiger partial charge is 0.481 e. The van der Waals surface area contributed by atoms with Crippen molar-refractivity contribution >= 4 is 45.1 Å². The highest BCUT2D eigenvalue weighted by Crippen LogP contribution is 2.28. The normalized spacial score (nSPS) is 19.5. The summed E-state index contributed by atoms with van der Waals surface area (Å²) in [4.78, 5) is 25.7. The van der Waals surface area contributed by atoms with E-state index in [0.717, 1.165) is 5.56 Å². The van der Waals surface area contributed by atoms with Crippen LogP contribution in [0.3, 0.4) is 0 Å². The zero-order chi connectivity index (χ0) is 24.5. The Labute approximate surface area is 204 Å². The number of hydrogen-bond acceptors (Lipinski definition) is 4. The first-order valence-electron chi connectivity index (χ1n) is 10.5. The Kier molecular flexibility index (Phi) is 7.73. The summed E-state index contributed by atoms with van der Waals surface area (Å²) in [6, 6.07) is 8.75. The number of piperazine rings is 1. The molecule has 0 aliphatic carbocycles. The molecule has 7 nitrogen and oxygen atoms in total. The zero-order valence-electron chi connectivity index (χ0n) is 18.6. The van der Waals surface area contributed by atoms with Crippen LogP contribution in [-0.4, -0.2) is 59.8 Å². The number of nitrogens with zero attached hydrogens (tertiary/aromatic N) is 2. The van der Waals surface area contributed by atoms with Gasteiger partial charge < -0.3 is 10.0 Å². The first kappa shape index (κ1) is 25.5. The molecule has 33 heavy (non-hydrogen) atoms. The first-order valence-corrected chi connectivity index (χ1v) is 12.7. The molecular weight excluding hydrogens is 487 g/mol. The van der Waals surface area contributed by atoms with Gasteiger partial charge in [0.25, 0.3) is 0 Å². The third kappa shape index (κ3) is 5.87. The molecule has 1 fully saturated rings. The van der Waals surface area contributed by atoms with Crippen molar-refractivity contribution in [2.75, 3.05) is 13.1 Å². The highest BCUT2D eigenvalue weighted by molar-refractivity contribution is 7.89. The van der Waals surface area contributed by atoms with Gasteiger partial charge >= 0.3 is 5.97 Å². The SMILES string of the molecule is Cc1cc(CC(=O)O)cc(S(=O)(=O)N2C(C)CN(C(=O)Cc3ccc(Cl)c(Cl)c3)CC2C)c1. The van der Waals surface area contributed by atoms with Gasteiger partial charge in [-0.1, -0.05) is 35.3 Å². The van der Waals surface area contributed by atoms with Gasteiger partial charge in [0.15, 0.2) is 0 Å². The third-order valence-corrected chi connectivity index (χ3v) is 8.42. The number of halogens is 2. The van der Waals surface area contributed by atoms with Crippen molar-refractivity contribution in [2.24, 2.45) is 0 Å². The maximum Gasteiger partial charge on any atom is 0.307 e. The smallest absolute Gasteiger partial charge is 0.307 e. The van der Waals surface area contributed by atoms with Crippen LogP contribution in [-0.2, 0) is 32.5 Å². The molecule has 2 aromatic carbocycles. The first-order chi connectivity index (χ1) is 15.4. The second kappa shape index (κ2) is 10.0. The van der Waals surface area contributed by atoms with Gasteiger partial charge in [-0.05, 0) is 61.7 Å². The molecule has 3 rings (SSSR count). The van der Waals surface area contributed by atoms with Gasteiger partial charge in [0.05, 0.1) is 27.8 Å². The molecule has 0 radical (unpaired) electrons. The van der Waals surface area contributed by atoms with Gasteiger partial charge in [-0.2, -0.15) is 4.31 Å². The fraction of sp³-hybridized carbons (Fsp3) is 0.391. The summed E-state index contributed by atoms with van der Waals surface area (Å²) in [5.74, 6) is -1.15. The van der Waals surface area contributed by atoms with E-state index in [9.17, 15) is 18.0 Å². The fourth-order valence-corrected chi connectivity index (χ4v) is 6.57. The van der Waals surface area contributed by atoms with Gasteiger partial charge in [0.1, 0.15) is 0 Å². The molecular formula is C23H26Cl2N2O5S. The summed E-state index contributed by atoms with van der Waals surface area (Å²) >= 11 is 12.0. The number of carboxylic acids is 1. The lowest BCUT2D eigenvalue weighted by Crippen LogP contribution is -2.59. The molecule has 0 bridgehead atoms. The van der Waals surface area contributed by atoms with Crippen molar-refractivity contribution in [1.29, 1.82) is 0 Å². The van der Waals surface area contributed by atoms with Crippen molar-refractivity contribution in [3.8, 4) is 0 Å². The van der Waals surface area contributed by atoms with Crippen LogP contribution < -0.4 is 0 Å². The summed E-state index contributed by atoms with van der Waals surface area (Å²) in [7, 11) is -3.89. The minimum atomic E-state index is -3.89. The van der Waals surface area contributed by atoms with Crippen molar-refractivity contribution in [1.82, 2.24) is 9.21 Å². The van der Waals surface area contributed by atoms with E-state index in [1.54, 1.807) is 56.0 Å². The van der Waals surface area contributed by atoms with Gasteiger partial charge in [-0.25, -0.2) is 8.42 Å². The minimum absolute atomic E-state index is 0.0630. The molecule has 2 atom stereocenters. The van der Waals surface area contributed by atoms with E-state index in [0.29, 0.717) is 21.2 Å². The van der Waals surface area contributed by atoms with Crippen LogP contribution in [0, 0.1) is 6.92 Å². The Morgan fingerprint density at radius 1 is 0.970 bits per heavy atom. The molecule has 1 aliphatic heterocycles. The Morgan fingerprint density at radius 3 is 2.18 bits per heavy atom. The molecule has 1 N–H and O–H groups in total. The molecule has 0 spiro atoms. The fourth-order valence-electron chi connectivity index (χ4n) is 4.29. The standard InChI is InChI=1S/C23H26Cl2N2O5S/c1-14-6-18(11-23(29)30)8-19(7-14)33(31,32)27-15(2)12-26(13-16(27)3)22(28)10-17-4-5-20(24)21(25)9-17/h4-9,15-16H,10-13H2,1-3H3,(H,29,30). The summed E-state index contributed by atoms with van der Waals surface area (Å²) < 4.78 is 28.4. The van der Waals surface area contributed by atoms with E-state index in [2.05, 4.69) is 0 Å². The van der Waals surface area contributed by atoms with Crippen molar-refractivity contribution < 1.29 is 23.1 Å². The Morgan fingerprint density at radius 2 is 1.61 bits per heavy atom. The molecule has 1 aliphatic rings. The van der Waals surface area contributed by atoms with E-state index in [4.69, 9.17) is 28.3 Å². The molecule has 1 saturated heterocycles. The summed E-state index contributed by atoms with van der Waals surface area (Å²) in [5.41, 5.74) is 1.83. The molecule has 2 unspecified atom stereocenters. The Balaban J connectivity index is 1.79. The van der Waals surface area contributed by atoms with Crippen molar-refractivity contribution in [2.45, 2.75) is 50.6 Å². The van der Waals surface area contributed by atoms with Gasteiger partial charge in [-0.15, -0.1) is 0 Å². The maximum atomic E-state index is 13.5. The highest BCUT2D eigenvalue weighted by atomic mass is 35.5. The molecule has 178 valence electrons. The lowest BCUT2D eigenvalue weighted by Gasteiger charge is -2.43. The van der Waals surface area contributed by atoms with Gasteiger partial charge in [-0.3, -0.25) is 9.59 Å². The maximum absolute atomic E-state index is 13.5. The average Bonchev–Trinajstić information content (AvgIpc) is 2.69. The van der Waals surface area contributed by atoms with E-state index < -0.39 is 28.1 Å². The molecule has 0 saturated carbocycles. The van der Waals surface area contributed by atoms with Crippen LogP contribution in [0.15, 0.2) is 41.3 Å². The van der Waals surface area contributed by atoms with Crippen LogP contribution in [0.1, 0.15) is 30.5 Å². The van der Waals surface area contributed by atoms with Crippen LogP contribution in [0.5, 0.6) is 0 Å². The summed E-state index contributed by atoms with van der Waals surface area (Å²) in [5, 5.41) is 9.88. The second-order valence-corrected chi connectivity index (χ2v) is 11.1. The number of aryl methyl sites for hydroxylation is 1. The number of carbonyl (C=O) groups excluding carboxylic acids is 1. The number of aliphatic carboxylic acids is 1. The predicted molar refractivity (Wildman–Crippen MR) is 127 cm³/mol. The number of sulfonamides is 1. The number of rotatable bonds is 6. The number of carbonyl (C=O) groups is 2. The van der Waals surface area contributed by atoms with E-state index >= 15 is 0 Å². The Hall–Kier alpha value is -2.13. The van der Waals surface area contributed by atoms with Crippen LogP contribution in [0.2, 0.25) is 10.0 Å². The highest BCUT2D eigenvalue weighted by Gasteiger charge is 2.39. The topological polar surface area (TPSA) is 95.0 Å². The molecule has 1 amide bonds. The molecule has 0 aromatic heterocycles. The van der Waals surface area contributed by atoms with Crippen LogP contribution >= 0.6 is 23.2 Å². The predicted octanol–water partition coefficient (Wildman–Crippen LogP) is 3.78. The number of amides is 1. The molecule has 2 aromatic rings. The number of hydrogen-bond donors (Lipinski definition) is 1. The molecule has 10 heteroatoms. The zero-order valence-corrected chi connectivity index (χ0v) is 20.9. The summed E-state index contributed by atoms with van der Waals surface area (Å²) in [6.45, 7) is 5.76. The monoisotopic (exact) mass is 512 g/mol. The lowest BCUT2D eigenvalue weighted by atomic mass is 10.1. The van der Waals surface area contributed by atoms with Crippen LogP contribution in [0.4, 0.5) is 0 Å². The van der Waals surface area contributed by atoms with E-state index in [1.807, 2.05) is 0 Å². The minimum Gasteiger partial charge on any atom is -0.481 e. The van der Waals surface area contributed by atoms with Crippen molar-refractivity contribution in [3.05, 3.63) is 63.1 Å². The van der Waals surface area contributed by atoms with Gasteiger partial charge in [0.2, 0.25) is 15.9 Å². The van der Waals surface area contributed by atoms with Crippen molar-refractivity contribution in [3.63, 3.8) is 0 Å². The van der Waals surface area contributed by atoms with E-state index in [-0.39, 0.29) is 36.7 Å². The third-order valence-electron chi connectivity index (χ3n) is 5.57. The van der Waals surface area contributed by atoms with E-state index in [1.165, 1.54) is 10.4 Å². The lowest BCUT2D eigenvalue weighted by molar-refractivity contribution is -0.136. The van der Waals surface area contributed by atoms with Gasteiger partial charge in [0, 0.05) is 25.2 Å². The Bertz CT molecular complexity index is 1170. The number of carboxylic acid groups (broad SMARTS) is 1. The number of benzene rings is 2. The molecule has 1 heterocycles. The quantitative estimate of drug-likeness (QED) is 0.635.